The van der Waals surface area contributed by atoms with E-state index in [2.05, 4.69) is 27.9 Å². The monoisotopic (exact) mass is 305 g/mol. The van der Waals surface area contributed by atoms with E-state index in [1.165, 1.54) is 6.08 Å². The van der Waals surface area contributed by atoms with Crippen LogP contribution in [0.4, 0.5) is 0 Å². The molecule has 1 rings (SSSR count). The van der Waals surface area contributed by atoms with Crippen LogP contribution in [0.1, 0.15) is 19.6 Å². The molecule has 76 valence electrons. The van der Waals surface area contributed by atoms with Gasteiger partial charge in [-0.15, -0.1) is 0 Å². The molecule has 3 nitrogen and oxygen atoms in total. The highest BCUT2D eigenvalue weighted by Crippen LogP contribution is 2.11. The van der Waals surface area contributed by atoms with E-state index in [0.29, 0.717) is 5.76 Å². The zero-order valence-corrected chi connectivity index (χ0v) is 10.2. The van der Waals surface area contributed by atoms with Crippen molar-refractivity contribution in [1.82, 2.24) is 5.32 Å². The third-order valence-corrected chi connectivity index (χ3v) is 2.00. The van der Waals surface area contributed by atoms with E-state index in [1.54, 1.807) is 6.08 Å². The molecule has 0 fully saturated rings. The number of amides is 1. The predicted molar refractivity (Wildman–Crippen MR) is 63.7 cm³/mol. The maximum absolute atomic E-state index is 11.2. The van der Waals surface area contributed by atoms with Crippen molar-refractivity contribution in [3.63, 3.8) is 0 Å². The second-order valence-electron chi connectivity index (χ2n) is 3.14. The van der Waals surface area contributed by atoms with Crippen LogP contribution in [0.5, 0.6) is 0 Å². The minimum atomic E-state index is -0.105. The van der Waals surface area contributed by atoms with Gasteiger partial charge in [0.05, 0.1) is 0 Å². The summed E-state index contributed by atoms with van der Waals surface area (Å²) in [6.07, 6.45) is 3.12. The van der Waals surface area contributed by atoms with E-state index in [0.717, 1.165) is 3.77 Å². The Balaban J connectivity index is 2.51. The summed E-state index contributed by atoms with van der Waals surface area (Å²) < 4.78 is 6.07. The zero-order chi connectivity index (χ0) is 10.6. The standard InChI is InChI=1S/C10H12INO2/c1-7(2)12-10(13)6-4-8-3-5-9(11)14-8/h3-7H,1-2H3,(H,12,13). The van der Waals surface area contributed by atoms with Gasteiger partial charge < -0.3 is 9.73 Å². The van der Waals surface area contributed by atoms with Crippen molar-refractivity contribution in [2.24, 2.45) is 0 Å². The van der Waals surface area contributed by atoms with Crippen molar-refractivity contribution in [3.8, 4) is 0 Å². The fourth-order valence-corrected chi connectivity index (χ4v) is 1.34. The van der Waals surface area contributed by atoms with Crippen molar-refractivity contribution in [2.75, 3.05) is 0 Å². The van der Waals surface area contributed by atoms with Gasteiger partial charge >= 0.3 is 0 Å². The van der Waals surface area contributed by atoms with E-state index >= 15 is 0 Å². The van der Waals surface area contributed by atoms with E-state index in [-0.39, 0.29) is 11.9 Å². The molecule has 0 unspecified atom stereocenters. The van der Waals surface area contributed by atoms with Crippen molar-refractivity contribution in [2.45, 2.75) is 19.9 Å². The Morgan fingerprint density at radius 2 is 2.29 bits per heavy atom. The SMILES string of the molecule is CC(C)NC(=O)C=Cc1ccc(I)o1. The van der Waals surface area contributed by atoms with Crippen LogP contribution >= 0.6 is 22.6 Å². The lowest BCUT2D eigenvalue weighted by Gasteiger charge is -2.03. The maximum atomic E-state index is 11.2. The zero-order valence-electron chi connectivity index (χ0n) is 8.08. The summed E-state index contributed by atoms with van der Waals surface area (Å²) in [6, 6.07) is 3.82. The first kappa shape index (κ1) is 11.3. The third kappa shape index (κ3) is 3.95. The van der Waals surface area contributed by atoms with E-state index in [4.69, 9.17) is 4.42 Å². The Labute approximate surface area is 96.7 Å². The van der Waals surface area contributed by atoms with E-state index in [9.17, 15) is 4.79 Å². The van der Waals surface area contributed by atoms with Gasteiger partial charge in [0.2, 0.25) is 5.91 Å². The van der Waals surface area contributed by atoms with Gasteiger partial charge in [-0.1, -0.05) is 0 Å². The highest BCUT2D eigenvalue weighted by atomic mass is 127. The van der Waals surface area contributed by atoms with Crippen LogP contribution in [-0.4, -0.2) is 11.9 Å². The predicted octanol–water partition coefficient (Wildman–Crippen LogP) is 2.42. The molecular weight excluding hydrogens is 293 g/mol. The average Bonchev–Trinajstić information content (AvgIpc) is 2.47. The summed E-state index contributed by atoms with van der Waals surface area (Å²) in [5.74, 6) is 0.583. The molecule has 0 aliphatic rings. The topological polar surface area (TPSA) is 42.2 Å². The highest BCUT2D eigenvalue weighted by Gasteiger charge is 1.98. The van der Waals surface area contributed by atoms with Gasteiger partial charge in [-0.25, -0.2) is 0 Å². The van der Waals surface area contributed by atoms with Gasteiger partial charge in [-0.05, 0) is 54.6 Å². The first-order chi connectivity index (χ1) is 6.58. The van der Waals surface area contributed by atoms with Crippen LogP contribution in [0.2, 0.25) is 0 Å². The van der Waals surface area contributed by atoms with Crippen LogP contribution in [0.3, 0.4) is 0 Å². The number of carbonyl (C=O) groups excluding carboxylic acids is 1. The average molecular weight is 305 g/mol. The Bertz CT molecular complexity index is 342. The van der Waals surface area contributed by atoms with Crippen molar-refractivity contribution in [3.05, 3.63) is 27.7 Å². The second-order valence-corrected chi connectivity index (χ2v) is 4.20. The van der Waals surface area contributed by atoms with Crippen molar-refractivity contribution >= 4 is 34.6 Å². The van der Waals surface area contributed by atoms with Gasteiger partial charge in [0.1, 0.15) is 5.76 Å². The Morgan fingerprint density at radius 3 is 2.79 bits per heavy atom. The van der Waals surface area contributed by atoms with E-state index in [1.807, 2.05) is 26.0 Å². The summed E-state index contributed by atoms with van der Waals surface area (Å²) in [5, 5.41) is 2.75. The fourth-order valence-electron chi connectivity index (χ4n) is 0.908. The molecule has 1 N–H and O–H groups in total. The molecule has 0 atom stereocenters. The normalized spacial score (nSPS) is 11.1. The van der Waals surface area contributed by atoms with Crippen LogP contribution in [0, 0.1) is 3.77 Å². The number of hydrogen-bond donors (Lipinski definition) is 1. The Hall–Kier alpha value is -0.780. The molecule has 0 aliphatic carbocycles. The molecule has 1 heterocycles. The van der Waals surface area contributed by atoms with Crippen LogP contribution in [0.15, 0.2) is 22.6 Å². The number of rotatable bonds is 3. The lowest BCUT2D eigenvalue weighted by Crippen LogP contribution is -2.28. The van der Waals surface area contributed by atoms with Gasteiger partial charge in [-0.2, -0.15) is 0 Å². The highest BCUT2D eigenvalue weighted by molar-refractivity contribution is 14.1. The molecule has 1 aromatic rings. The lowest BCUT2D eigenvalue weighted by molar-refractivity contribution is -0.116. The molecule has 0 spiro atoms. The third-order valence-electron chi connectivity index (χ3n) is 1.42. The molecule has 0 aromatic carbocycles. The largest absolute Gasteiger partial charge is 0.451 e. The summed E-state index contributed by atoms with van der Waals surface area (Å²) in [5.41, 5.74) is 0. The van der Waals surface area contributed by atoms with Crippen LogP contribution in [0.25, 0.3) is 6.08 Å². The molecule has 0 bridgehead atoms. The van der Waals surface area contributed by atoms with E-state index < -0.39 is 0 Å². The van der Waals surface area contributed by atoms with Gasteiger partial charge in [-0.3, -0.25) is 4.79 Å². The molecule has 14 heavy (non-hydrogen) atoms. The molecule has 0 saturated heterocycles. The number of nitrogens with one attached hydrogen (secondary N) is 1. The molecular formula is C10H12INO2. The Kier molecular flexibility index (Phi) is 4.19. The van der Waals surface area contributed by atoms with Gasteiger partial charge in [0.15, 0.2) is 3.77 Å². The quantitative estimate of drug-likeness (QED) is 0.688. The van der Waals surface area contributed by atoms with Crippen LogP contribution < -0.4 is 5.32 Å². The summed E-state index contributed by atoms with van der Waals surface area (Å²) in [6.45, 7) is 3.84. The molecule has 0 aliphatic heterocycles. The maximum Gasteiger partial charge on any atom is 0.244 e. The van der Waals surface area contributed by atoms with Crippen molar-refractivity contribution < 1.29 is 9.21 Å². The smallest absolute Gasteiger partial charge is 0.244 e. The van der Waals surface area contributed by atoms with Gasteiger partial charge in [0.25, 0.3) is 0 Å². The first-order valence-electron chi connectivity index (χ1n) is 4.32. The number of carbonyl (C=O) groups is 1. The molecule has 1 amide bonds. The molecule has 0 saturated carbocycles. The molecule has 0 radical (unpaired) electrons. The van der Waals surface area contributed by atoms with Gasteiger partial charge in [0, 0.05) is 12.1 Å². The number of halogens is 1. The summed E-state index contributed by atoms with van der Waals surface area (Å²) >= 11 is 2.08. The second kappa shape index (κ2) is 5.19. The minimum absolute atomic E-state index is 0.105. The minimum Gasteiger partial charge on any atom is -0.451 e. The summed E-state index contributed by atoms with van der Waals surface area (Å²) in [7, 11) is 0. The molecule has 1 aromatic heterocycles. The first-order valence-corrected chi connectivity index (χ1v) is 5.39. The fraction of sp³-hybridized carbons (Fsp3) is 0.300. The Morgan fingerprint density at radius 1 is 1.57 bits per heavy atom. The lowest BCUT2D eigenvalue weighted by atomic mass is 10.3. The van der Waals surface area contributed by atoms with Crippen LogP contribution in [-0.2, 0) is 4.79 Å². The van der Waals surface area contributed by atoms with Crippen molar-refractivity contribution in [1.29, 1.82) is 0 Å². The number of hydrogen-bond acceptors (Lipinski definition) is 2. The molecule has 4 heteroatoms. The number of furan rings is 1. The summed E-state index contributed by atoms with van der Waals surface area (Å²) in [4.78, 5) is 11.2.